The second-order valence-electron chi connectivity index (χ2n) is 8.16. The number of nitrogens with zero attached hydrogens (tertiary/aromatic N) is 5. The van der Waals surface area contributed by atoms with Crippen LogP contribution in [-0.4, -0.2) is 64.8 Å². The van der Waals surface area contributed by atoms with E-state index in [1.165, 1.54) is 5.56 Å². The molecule has 0 radical (unpaired) electrons. The number of aromatic nitrogens is 4. The van der Waals surface area contributed by atoms with Crippen molar-refractivity contribution in [2.45, 2.75) is 50.0 Å². The number of hydrogen-bond acceptors (Lipinski definition) is 7. The van der Waals surface area contributed by atoms with Gasteiger partial charge in [-0.25, -0.2) is 0 Å². The molecule has 0 saturated carbocycles. The van der Waals surface area contributed by atoms with E-state index in [0.717, 1.165) is 76.7 Å². The van der Waals surface area contributed by atoms with Gasteiger partial charge in [0.25, 0.3) is 0 Å². The first-order valence-corrected chi connectivity index (χ1v) is 10.3. The summed E-state index contributed by atoms with van der Waals surface area (Å²) in [5.74, 6) is 1.99. The van der Waals surface area contributed by atoms with Crippen molar-refractivity contribution < 1.29 is 14.0 Å². The van der Waals surface area contributed by atoms with E-state index >= 15 is 0 Å². The van der Waals surface area contributed by atoms with Gasteiger partial charge in [0.15, 0.2) is 5.82 Å². The van der Waals surface area contributed by atoms with E-state index in [1.54, 1.807) is 7.11 Å². The van der Waals surface area contributed by atoms with Crippen molar-refractivity contribution in [3.05, 3.63) is 29.7 Å². The molecule has 0 aromatic carbocycles. The summed E-state index contributed by atoms with van der Waals surface area (Å²) in [7, 11) is 3.72. The summed E-state index contributed by atoms with van der Waals surface area (Å²) in [6.07, 6.45) is 8.93. The van der Waals surface area contributed by atoms with Gasteiger partial charge in [0, 0.05) is 63.6 Å². The van der Waals surface area contributed by atoms with Gasteiger partial charge in [0.2, 0.25) is 5.89 Å². The van der Waals surface area contributed by atoms with Gasteiger partial charge in [-0.1, -0.05) is 5.16 Å². The number of rotatable bonds is 7. The molecule has 0 atom stereocenters. The van der Waals surface area contributed by atoms with Crippen LogP contribution in [-0.2, 0) is 28.5 Å². The molecule has 28 heavy (non-hydrogen) atoms. The number of likely N-dealkylation sites (tertiary alicyclic amines) is 1. The molecule has 4 heterocycles. The molecular formula is C20H31N5O3. The zero-order chi connectivity index (χ0) is 19.4. The number of aryl methyl sites for hydroxylation is 1. The minimum atomic E-state index is -0.0611. The fourth-order valence-electron chi connectivity index (χ4n) is 4.39. The summed E-state index contributed by atoms with van der Waals surface area (Å²) in [5, 5.41) is 8.72. The highest BCUT2D eigenvalue weighted by Crippen LogP contribution is 2.38. The Bertz CT molecular complexity index is 745. The Labute approximate surface area is 166 Å². The lowest BCUT2D eigenvalue weighted by molar-refractivity contribution is 0.0778. The average Bonchev–Trinajstić information content (AvgIpc) is 3.38. The summed E-state index contributed by atoms with van der Waals surface area (Å²) in [6.45, 7) is 5.23. The maximum Gasteiger partial charge on any atom is 0.229 e. The molecule has 154 valence electrons. The van der Waals surface area contributed by atoms with Crippen LogP contribution in [0, 0.1) is 0 Å². The Morgan fingerprint density at radius 3 is 2.71 bits per heavy atom. The van der Waals surface area contributed by atoms with Crippen LogP contribution in [0.3, 0.4) is 0 Å². The fourth-order valence-corrected chi connectivity index (χ4v) is 4.39. The van der Waals surface area contributed by atoms with Crippen molar-refractivity contribution in [2.75, 3.05) is 40.0 Å². The normalized spacial score (nSPS) is 21.2. The van der Waals surface area contributed by atoms with Gasteiger partial charge in [0.05, 0.1) is 6.20 Å². The molecule has 0 N–H and O–H groups in total. The first-order chi connectivity index (χ1) is 13.7. The molecule has 0 unspecified atom stereocenters. The van der Waals surface area contributed by atoms with Gasteiger partial charge >= 0.3 is 0 Å². The van der Waals surface area contributed by atoms with Gasteiger partial charge in [-0.3, -0.25) is 9.58 Å². The second-order valence-corrected chi connectivity index (χ2v) is 8.16. The quantitative estimate of drug-likeness (QED) is 0.719. The van der Waals surface area contributed by atoms with Crippen LogP contribution < -0.4 is 0 Å². The van der Waals surface area contributed by atoms with E-state index < -0.39 is 0 Å². The first-order valence-electron chi connectivity index (χ1n) is 10.3. The fraction of sp³-hybridized carbons (Fsp3) is 0.750. The third-order valence-corrected chi connectivity index (χ3v) is 6.25. The van der Waals surface area contributed by atoms with E-state index in [4.69, 9.17) is 19.0 Å². The van der Waals surface area contributed by atoms with Gasteiger partial charge in [-0.05, 0) is 45.2 Å². The molecule has 0 aliphatic carbocycles. The van der Waals surface area contributed by atoms with E-state index in [9.17, 15) is 0 Å². The highest BCUT2D eigenvalue weighted by molar-refractivity contribution is 5.12. The highest BCUT2D eigenvalue weighted by Gasteiger charge is 2.40. The Hall–Kier alpha value is -1.77. The monoisotopic (exact) mass is 389 g/mol. The summed E-state index contributed by atoms with van der Waals surface area (Å²) < 4.78 is 18.4. The SMILES string of the molecule is COCCC1(c2noc(C3CCOCC3)n2)CCN(Cc2cnn(C)c2)CC1. The van der Waals surface area contributed by atoms with Crippen LogP contribution in [0.15, 0.2) is 16.9 Å². The predicted octanol–water partition coefficient (Wildman–Crippen LogP) is 2.27. The highest BCUT2D eigenvalue weighted by atomic mass is 16.5. The lowest BCUT2D eigenvalue weighted by atomic mass is 9.75. The zero-order valence-electron chi connectivity index (χ0n) is 17.0. The Morgan fingerprint density at radius 2 is 2.04 bits per heavy atom. The Morgan fingerprint density at radius 1 is 1.25 bits per heavy atom. The maximum absolute atomic E-state index is 5.71. The van der Waals surface area contributed by atoms with Crippen molar-refractivity contribution in [3.8, 4) is 0 Å². The molecule has 2 aliphatic heterocycles. The minimum absolute atomic E-state index is 0.0611. The summed E-state index contributed by atoms with van der Waals surface area (Å²) in [6, 6.07) is 0. The smallest absolute Gasteiger partial charge is 0.229 e. The van der Waals surface area contributed by atoms with Crippen molar-refractivity contribution >= 4 is 0 Å². The molecule has 2 aromatic rings. The lowest BCUT2D eigenvalue weighted by Gasteiger charge is -2.39. The van der Waals surface area contributed by atoms with Crippen molar-refractivity contribution in [3.63, 3.8) is 0 Å². The lowest BCUT2D eigenvalue weighted by Crippen LogP contribution is -2.43. The van der Waals surface area contributed by atoms with Crippen LogP contribution in [0.25, 0.3) is 0 Å². The summed E-state index contributed by atoms with van der Waals surface area (Å²) in [5.41, 5.74) is 1.20. The molecule has 8 heteroatoms. The van der Waals surface area contributed by atoms with Crippen LogP contribution in [0.4, 0.5) is 0 Å². The van der Waals surface area contributed by atoms with Crippen LogP contribution in [0.2, 0.25) is 0 Å². The van der Waals surface area contributed by atoms with Crippen LogP contribution in [0.1, 0.15) is 55.3 Å². The van der Waals surface area contributed by atoms with E-state index in [-0.39, 0.29) is 5.41 Å². The van der Waals surface area contributed by atoms with Gasteiger partial charge in [-0.2, -0.15) is 10.1 Å². The standard InChI is InChI=1S/C20H31N5O3/c1-24-14-16(13-21-24)15-25-8-5-20(6-9-25,7-12-26-2)19-22-18(28-23-19)17-3-10-27-11-4-17/h13-14,17H,3-12,15H2,1-2H3. The molecule has 2 fully saturated rings. The third-order valence-electron chi connectivity index (χ3n) is 6.25. The van der Waals surface area contributed by atoms with Crippen LogP contribution in [0.5, 0.6) is 0 Å². The largest absolute Gasteiger partial charge is 0.385 e. The first kappa shape index (κ1) is 19.5. The van der Waals surface area contributed by atoms with Crippen molar-refractivity contribution in [1.29, 1.82) is 0 Å². The van der Waals surface area contributed by atoms with E-state index in [2.05, 4.69) is 21.4 Å². The second kappa shape index (κ2) is 8.71. The minimum Gasteiger partial charge on any atom is -0.385 e. The Kier molecular flexibility index (Phi) is 6.08. The van der Waals surface area contributed by atoms with Crippen molar-refractivity contribution in [1.82, 2.24) is 24.8 Å². The number of methoxy groups -OCH3 is 1. The molecular weight excluding hydrogens is 358 g/mol. The predicted molar refractivity (Wildman–Crippen MR) is 103 cm³/mol. The molecule has 2 aliphatic rings. The molecule has 0 spiro atoms. The number of hydrogen-bond donors (Lipinski definition) is 0. The maximum atomic E-state index is 5.71. The summed E-state index contributed by atoms with van der Waals surface area (Å²) in [4.78, 5) is 7.36. The molecule has 8 nitrogen and oxygen atoms in total. The zero-order valence-corrected chi connectivity index (χ0v) is 17.0. The van der Waals surface area contributed by atoms with E-state index in [1.807, 2.05) is 17.9 Å². The molecule has 2 aromatic heterocycles. The van der Waals surface area contributed by atoms with Gasteiger partial charge in [0.1, 0.15) is 0 Å². The third kappa shape index (κ3) is 4.29. The molecule has 0 bridgehead atoms. The summed E-state index contributed by atoms with van der Waals surface area (Å²) >= 11 is 0. The van der Waals surface area contributed by atoms with Gasteiger partial charge < -0.3 is 14.0 Å². The van der Waals surface area contributed by atoms with Gasteiger partial charge in [-0.15, -0.1) is 0 Å². The topological polar surface area (TPSA) is 78.4 Å². The van der Waals surface area contributed by atoms with Crippen LogP contribution >= 0.6 is 0 Å². The van der Waals surface area contributed by atoms with E-state index in [0.29, 0.717) is 12.5 Å². The number of ether oxygens (including phenoxy) is 2. The van der Waals surface area contributed by atoms with Crippen molar-refractivity contribution in [2.24, 2.45) is 7.05 Å². The molecule has 2 saturated heterocycles. The average molecular weight is 390 g/mol. The number of piperidine rings is 1. The molecule has 0 amide bonds. The molecule has 4 rings (SSSR count). The Balaban J connectivity index is 1.44.